The first-order valence-electron chi connectivity index (χ1n) is 16.4. The van der Waals surface area contributed by atoms with Crippen LogP contribution in [0, 0.1) is 0 Å². The van der Waals surface area contributed by atoms with Gasteiger partial charge in [0.2, 0.25) is 11.8 Å². The van der Waals surface area contributed by atoms with Crippen LogP contribution in [0.25, 0.3) is 5.57 Å². The molecule has 6 rings (SSSR count). The number of amides is 2. The molecule has 0 spiro atoms. The summed E-state index contributed by atoms with van der Waals surface area (Å²) in [6, 6.07) is 14.2. The zero-order valence-corrected chi connectivity index (χ0v) is 28.7. The Morgan fingerprint density at radius 1 is 1.04 bits per heavy atom. The maximum atomic E-state index is 12.4. The Kier molecular flexibility index (Phi) is 10.3. The molecule has 3 aliphatic heterocycles. The van der Waals surface area contributed by atoms with Crippen molar-refractivity contribution in [2.24, 2.45) is 7.05 Å². The summed E-state index contributed by atoms with van der Waals surface area (Å²) in [5.74, 6) is -0.523. The van der Waals surface area contributed by atoms with Crippen LogP contribution in [0.4, 0.5) is 11.4 Å². The molecule has 1 aromatic heterocycles. The second kappa shape index (κ2) is 14.8. The van der Waals surface area contributed by atoms with Gasteiger partial charge in [-0.25, -0.2) is 4.68 Å². The van der Waals surface area contributed by atoms with Crippen LogP contribution in [0.15, 0.2) is 71.6 Å². The molecule has 0 radical (unpaired) electrons. The van der Waals surface area contributed by atoms with E-state index < -0.39 is 6.04 Å². The summed E-state index contributed by atoms with van der Waals surface area (Å²) in [7, 11) is 5.39. The van der Waals surface area contributed by atoms with E-state index in [9.17, 15) is 19.2 Å². The maximum absolute atomic E-state index is 12.4. The SMILES string of the molecule is CN1C=C(Nc2cnn(C)c(=O)c2Cl)CC(c2ccc(CN3CCN(c4ccc(C=O)c(CN(C)C5CCC(=O)NC5=O)c4)CC3)cc2)=C1. The van der Waals surface area contributed by atoms with Crippen molar-refractivity contribution >= 4 is 46.6 Å². The van der Waals surface area contributed by atoms with Crippen molar-refractivity contribution < 1.29 is 14.4 Å². The van der Waals surface area contributed by atoms with Crippen molar-refractivity contribution in [1.82, 2.24) is 29.8 Å². The van der Waals surface area contributed by atoms with Gasteiger partial charge in [0.1, 0.15) is 11.3 Å². The molecule has 0 bridgehead atoms. The predicted molar refractivity (Wildman–Crippen MR) is 190 cm³/mol. The highest BCUT2D eigenvalue weighted by Gasteiger charge is 2.30. The number of allylic oxidation sites excluding steroid dienone is 1. The number of benzene rings is 2. The molecule has 49 heavy (non-hydrogen) atoms. The molecule has 1 atom stereocenters. The van der Waals surface area contributed by atoms with E-state index in [1.54, 1.807) is 13.2 Å². The normalized spacial score (nSPS) is 18.7. The second-order valence-electron chi connectivity index (χ2n) is 12.9. The fraction of sp³-hybridized carbons (Fsp3) is 0.361. The monoisotopic (exact) mass is 684 g/mol. The van der Waals surface area contributed by atoms with Gasteiger partial charge < -0.3 is 15.1 Å². The van der Waals surface area contributed by atoms with Crippen LogP contribution in [0.3, 0.4) is 0 Å². The van der Waals surface area contributed by atoms with E-state index in [0.29, 0.717) is 37.1 Å². The Morgan fingerprint density at radius 3 is 2.51 bits per heavy atom. The molecule has 2 amide bonds. The highest BCUT2D eigenvalue weighted by molar-refractivity contribution is 6.33. The summed E-state index contributed by atoms with van der Waals surface area (Å²) in [5, 5.41) is 9.88. The van der Waals surface area contributed by atoms with Gasteiger partial charge in [0, 0.05) is 95.6 Å². The van der Waals surface area contributed by atoms with E-state index in [2.05, 4.69) is 62.1 Å². The van der Waals surface area contributed by atoms with Crippen LogP contribution in [-0.2, 0) is 29.7 Å². The minimum atomic E-state index is -0.402. The summed E-state index contributed by atoms with van der Waals surface area (Å²) in [5.41, 5.74) is 7.08. The van der Waals surface area contributed by atoms with Crippen LogP contribution in [0.2, 0.25) is 5.02 Å². The molecule has 1 unspecified atom stereocenters. The summed E-state index contributed by atoms with van der Waals surface area (Å²) in [6.07, 6.45) is 7.93. The topological polar surface area (TPSA) is 123 Å². The quantitative estimate of drug-likeness (QED) is 0.243. The van der Waals surface area contributed by atoms with Crippen molar-refractivity contribution in [2.45, 2.75) is 38.4 Å². The lowest BCUT2D eigenvalue weighted by molar-refractivity contribution is -0.137. The lowest BCUT2D eigenvalue weighted by atomic mass is 9.99. The summed E-state index contributed by atoms with van der Waals surface area (Å²) >= 11 is 6.28. The van der Waals surface area contributed by atoms with Crippen LogP contribution < -0.4 is 21.1 Å². The third kappa shape index (κ3) is 7.93. The zero-order valence-electron chi connectivity index (χ0n) is 28.0. The number of aromatic nitrogens is 2. The number of halogens is 1. The Labute approximate surface area is 290 Å². The smallest absolute Gasteiger partial charge is 0.287 e. The van der Waals surface area contributed by atoms with Gasteiger partial charge in [0.15, 0.2) is 0 Å². The number of piperidine rings is 1. The zero-order chi connectivity index (χ0) is 34.7. The Morgan fingerprint density at radius 2 is 1.80 bits per heavy atom. The van der Waals surface area contributed by atoms with Gasteiger partial charge in [0.05, 0.1) is 17.9 Å². The molecular formula is C36H41ClN8O4. The number of anilines is 2. The van der Waals surface area contributed by atoms with E-state index in [1.807, 2.05) is 42.2 Å². The number of hydrogen-bond acceptors (Lipinski definition) is 10. The number of carbonyl (C=O) groups is 3. The van der Waals surface area contributed by atoms with Gasteiger partial charge in [0.25, 0.3) is 5.56 Å². The number of likely N-dealkylation sites (N-methyl/N-ethyl adjacent to an activating group) is 1. The molecule has 2 N–H and O–H groups in total. The Hall–Kier alpha value is -4.78. The highest BCUT2D eigenvalue weighted by Crippen LogP contribution is 2.30. The van der Waals surface area contributed by atoms with Crippen molar-refractivity contribution in [1.29, 1.82) is 0 Å². The number of aryl methyl sites for hydroxylation is 1. The minimum Gasteiger partial charge on any atom is -0.369 e. The van der Waals surface area contributed by atoms with Crippen molar-refractivity contribution in [2.75, 3.05) is 50.5 Å². The van der Waals surface area contributed by atoms with Crippen LogP contribution in [-0.4, -0.2) is 88.9 Å². The Balaban J connectivity index is 1.03. The molecule has 2 saturated heterocycles. The average Bonchev–Trinajstić information content (AvgIpc) is 3.09. The number of aldehydes is 1. The first-order valence-corrected chi connectivity index (χ1v) is 16.8. The molecule has 256 valence electrons. The standard InChI is InChI=1S/C36H41ClN8O4/c1-41-20-27(16-29(22-41)39-31-18-38-43(3)36(49)34(31)37)25-6-4-24(5-7-25)19-44-12-14-45(15-13-44)30-9-8-26(23-46)28(17-30)21-42(2)32-10-11-33(47)40-35(32)48/h4-9,17-18,20,22-23,32,39H,10-16,19,21H2,1-3H3,(H,40,47,48). The number of hydrogen-bond donors (Lipinski definition) is 2. The van der Waals surface area contributed by atoms with Gasteiger partial charge in [-0.1, -0.05) is 35.9 Å². The molecule has 13 heteroatoms. The highest BCUT2D eigenvalue weighted by atomic mass is 35.5. The molecule has 2 aromatic carbocycles. The molecule has 0 saturated carbocycles. The summed E-state index contributed by atoms with van der Waals surface area (Å²) in [6.45, 7) is 4.80. The minimum absolute atomic E-state index is 0.109. The second-order valence-corrected chi connectivity index (χ2v) is 13.3. The predicted octanol–water partition coefficient (Wildman–Crippen LogP) is 3.44. The largest absolute Gasteiger partial charge is 0.369 e. The molecule has 3 aromatic rings. The lowest BCUT2D eigenvalue weighted by Crippen LogP contribution is -2.51. The van der Waals surface area contributed by atoms with Crippen molar-refractivity contribution in [3.63, 3.8) is 0 Å². The average molecular weight is 685 g/mol. The van der Waals surface area contributed by atoms with Crippen molar-refractivity contribution in [3.05, 3.63) is 104 Å². The number of nitrogens with one attached hydrogen (secondary N) is 2. The number of carbonyl (C=O) groups excluding carboxylic acids is 3. The van der Waals surface area contributed by atoms with Crippen molar-refractivity contribution in [3.8, 4) is 0 Å². The molecule has 3 aliphatic rings. The fourth-order valence-electron chi connectivity index (χ4n) is 6.62. The number of piperazine rings is 1. The van der Waals surface area contributed by atoms with Gasteiger partial charge in [-0.3, -0.25) is 34.3 Å². The van der Waals surface area contributed by atoms with Crippen LogP contribution in [0.5, 0.6) is 0 Å². The number of imide groups is 1. The number of rotatable bonds is 10. The van der Waals surface area contributed by atoms with Gasteiger partial charge in [-0.15, -0.1) is 0 Å². The summed E-state index contributed by atoms with van der Waals surface area (Å²) in [4.78, 5) is 56.7. The fourth-order valence-corrected chi connectivity index (χ4v) is 6.84. The van der Waals surface area contributed by atoms with E-state index >= 15 is 0 Å². The molecule has 12 nitrogen and oxygen atoms in total. The first kappa shape index (κ1) is 34.1. The maximum Gasteiger partial charge on any atom is 0.287 e. The van der Waals surface area contributed by atoms with Gasteiger partial charge >= 0.3 is 0 Å². The molecule has 2 fully saturated rings. The molecule has 4 heterocycles. The van der Waals surface area contributed by atoms with Gasteiger partial charge in [-0.2, -0.15) is 5.10 Å². The molecule has 0 aliphatic carbocycles. The van der Waals surface area contributed by atoms with Crippen LogP contribution >= 0.6 is 11.6 Å². The Bertz CT molecular complexity index is 1860. The van der Waals surface area contributed by atoms with E-state index in [0.717, 1.165) is 67.1 Å². The third-order valence-electron chi connectivity index (χ3n) is 9.36. The van der Waals surface area contributed by atoms with Gasteiger partial charge in [-0.05, 0) is 53.9 Å². The number of nitrogens with zero attached hydrogens (tertiary/aromatic N) is 6. The van der Waals surface area contributed by atoms with E-state index in [1.165, 1.54) is 10.2 Å². The van der Waals surface area contributed by atoms with E-state index in [4.69, 9.17) is 11.6 Å². The molecular weight excluding hydrogens is 644 g/mol. The summed E-state index contributed by atoms with van der Waals surface area (Å²) < 4.78 is 1.21. The van der Waals surface area contributed by atoms with E-state index in [-0.39, 0.29) is 22.4 Å². The third-order valence-corrected chi connectivity index (χ3v) is 9.72. The first-order chi connectivity index (χ1) is 23.6. The van der Waals surface area contributed by atoms with Crippen LogP contribution in [0.1, 0.15) is 46.3 Å². The lowest BCUT2D eigenvalue weighted by Gasteiger charge is -2.36.